The monoisotopic (exact) mass is 289 g/mol. The highest BCUT2D eigenvalue weighted by atomic mass is 35.5. The largest absolute Gasteiger partial charge is 0.492 e. The molecule has 2 aromatic rings. The van der Waals surface area contributed by atoms with Gasteiger partial charge in [0.05, 0.1) is 5.88 Å². The lowest BCUT2D eigenvalue weighted by Gasteiger charge is -2.09. The van der Waals surface area contributed by atoms with Gasteiger partial charge in [0.25, 0.3) is 0 Å². The zero-order valence-electron chi connectivity index (χ0n) is 11.2. The van der Waals surface area contributed by atoms with Gasteiger partial charge in [-0.3, -0.25) is 4.79 Å². The van der Waals surface area contributed by atoms with Gasteiger partial charge in [0, 0.05) is 16.8 Å². The number of nitrogen functional groups attached to an aromatic ring is 1. The first-order valence-electron chi connectivity index (χ1n) is 6.31. The number of carbonyl (C=O) groups excluding carboxylic acids is 1. The molecule has 0 unspecified atom stereocenters. The summed E-state index contributed by atoms with van der Waals surface area (Å²) in [5.74, 6) is 1.13. The van der Waals surface area contributed by atoms with E-state index in [9.17, 15) is 4.79 Å². The minimum absolute atomic E-state index is 0.0219. The first-order chi connectivity index (χ1) is 9.61. The van der Waals surface area contributed by atoms with Gasteiger partial charge in [0.15, 0.2) is 5.78 Å². The van der Waals surface area contributed by atoms with Gasteiger partial charge in [-0.25, -0.2) is 0 Å². The molecule has 2 rings (SSSR count). The number of halogens is 1. The second-order valence-corrected chi connectivity index (χ2v) is 4.84. The molecule has 104 valence electrons. The molecular weight excluding hydrogens is 274 g/mol. The van der Waals surface area contributed by atoms with E-state index in [-0.39, 0.29) is 5.78 Å². The number of aryl methyl sites for hydroxylation is 1. The average molecular weight is 290 g/mol. The van der Waals surface area contributed by atoms with Crippen molar-refractivity contribution in [3.63, 3.8) is 0 Å². The van der Waals surface area contributed by atoms with Gasteiger partial charge < -0.3 is 10.5 Å². The maximum atomic E-state index is 12.4. The van der Waals surface area contributed by atoms with Crippen molar-refractivity contribution >= 4 is 23.1 Å². The van der Waals surface area contributed by atoms with Gasteiger partial charge in [-0.15, -0.1) is 11.6 Å². The highest BCUT2D eigenvalue weighted by molar-refractivity contribution is 6.18. The topological polar surface area (TPSA) is 52.3 Å². The summed E-state index contributed by atoms with van der Waals surface area (Å²) >= 11 is 5.58. The Bertz CT molecular complexity index is 608. The van der Waals surface area contributed by atoms with Gasteiger partial charge in [-0.1, -0.05) is 0 Å². The second kappa shape index (κ2) is 6.44. The molecule has 0 aliphatic heterocycles. The second-order valence-electron chi connectivity index (χ2n) is 4.47. The molecule has 4 heteroatoms. The van der Waals surface area contributed by atoms with Gasteiger partial charge >= 0.3 is 0 Å². The van der Waals surface area contributed by atoms with Crippen molar-refractivity contribution in [3.05, 3.63) is 59.2 Å². The third-order valence-electron chi connectivity index (χ3n) is 2.96. The fourth-order valence-electron chi connectivity index (χ4n) is 1.93. The van der Waals surface area contributed by atoms with E-state index < -0.39 is 0 Å². The van der Waals surface area contributed by atoms with E-state index in [0.717, 1.165) is 11.3 Å². The Kier molecular flexibility index (Phi) is 4.64. The highest BCUT2D eigenvalue weighted by Crippen LogP contribution is 2.20. The normalized spacial score (nSPS) is 10.3. The van der Waals surface area contributed by atoms with E-state index in [1.54, 1.807) is 36.4 Å². The third kappa shape index (κ3) is 3.31. The van der Waals surface area contributed by atoms with E-state index in [1.807, 2.05) is 13.0 Å². The predicted molar refractivity (Wildman–Crippen MR) is 81.7 cm³/mol. The van der Waals surface area contributed by atoms with Crippen molar-refractivity contribution in [3.8, 4) is 5.75 Å². The maximum absolute atomic E-state index is 12.4. The summed E-state index contributed by atoms with van der Waals surface area (Å²) in [6, 6.07) is 12.3. The van der Waals surface area contributed by atoms with Gasteiger partial charge in [0.2, 0.25) is 0 Å². The summed E-state index contributed by atoms with van der Waals surface area (Å²) in [6.07, 6.45) is 0. The molecule has 0 atom stereocenters. The lowest BCUT2D eigenvalue weighted by atomic mass is 9.99. The zero-order valence-corrected chi connectivity index (χ0v) is 12.0. The first kappa shape index (κ1) is 14.4. The smallest absolute Gasteiger partial charge is 0.193 e. The number of rotatable bonds is 5. The number of hydrogen-bond donors (Lipinski definition) is 1. The van der Waals surface area contributed by atoms with Crippen molar-refractivity contribution < 1.29 is 9.53 Å². The Hall–Kier alpha value is -2.00. The summed E-state index contributed by atoms with van der Waals surface area (Å²) in [7, 11) is 0. The number of benzene rings is 2. The Morgan fingerprint density at radius 2 is 1.90 bits per heavy atom. The van der Waals surface area contributed by atoms with Crippen LogP contribution in [0.2, 0.25) is 0 Å². The number of hydrogen-bond acceptors (Lipinski definition) is 3. The van der Waals surface area contributed by atoms with E-state index >= 15 is 0 Å². The number of alkyl halides is 1. The molecule has 20 heavy (non-hydrogen) atoms. The predicted octanol–water partition coefficient (Wildman–Crippen LogP) is 3.43. The third-order valence-corrected chi connectivity index (χ3v) is 3.12. The molecule has 0 aliphatic rings. The summed E-state index contributed by atoms with van der Waals surface area (Å²) in [5.41, 5.74) is 8.42. The molecule has 2 aromatic carbocycles. The minimum Gasteiger partial charge on any atom is -0.492 e. The van der Waals surface area contributed by atoms with E-state index in [1.165, 1.54) is 0 Å². The number of nitrogens with two attached hydrogens (primary N) is 1. The summed E-state index contributed by atoms with van der Waals surface area (Å²) in [5, 5.41) is 0. The maximum Gasteiger partial charge on any atom is 0.193 e. The molecule has 0 fully saturated rings. The van der Waals surface area contributed by atoms with Crippen molar-refractivity contribution in [2.45, 2.75) is 6.92 Å². The van der Waals surface area contributed by atoms with Crippen LogP contribution in [0.25, 0.3) is 0 Å². The molecule has 0 radical (unpaired) electrons. The fourth-order valence-corrected chi connectivity index (χ4v) is 2.00. The Morgan fingerprint density at radius 1 is 1.20 bits per heavy atom. The molecule has 0 bridgehead atoms. The molecule has 0 spiro atoms. The fraction of sp³-hybridized carbons (Fsp3) is 0.188. The van der Waals surface area contributed by atoms with Crippen LogP contribution in [0.4, 0.5) is 5.69 Å². The number of carbonyl (C=O) groups is 1. The van der Waals surface area contributed by atoms with Crippen LogP contribution in [0.15, 0.2) is 42.5 Å². The summed E-state index contributed by atoms with van der Waals surface area (Å²) < 4.78 is 5.43. The van der Waals surface area contributed by atoms with Crippen LogP contribution in [0.1, 0.15) is 21.5 Å². The van der Waals surface area contributed by atoms with E-state index in [0.29, 0.717) is 29.3 Å². The van der Waals surface area contributed by atoms with Crippen LogP contribution >= 0.6 is 11.6 Å². The molecule has 3 nitrogen and oxygen atoms in total. The lowest BCUT2D eigenvalue weighted by molar-refractivity contribution is 0.103. The quantitative estimate of drug-likeness (QED) is 0.521. The van der Waals surface area contributed by atoms with Gasteiger partial charge in [-0.2, -0.15) is 0 Å². The van der Waals surface area contributed by atoms with Crippen molar-refractivity contribution in [2.24, 2.45) is 0 Å². The minimum atomic E-state index is -0.0219. The van der Waals surface area contributed by atoms with Crippen LogP contribution in [0, 0.1) is 6.92 Å². The average Bonchev–Trinajstić information content (AvgIpc) is 2.45. The summed E-state index contributed by atoms with van der Waals surface area (Å²) in [6.45, 7) is 2.34. The Labute approximate surface area is 123 Å². The van der Waals surface area contributed by atoms with Gasteiger partial charge in [0.1, 0.15) is 12.4 Å². The Balaban J connectivity index is 2.24. The van der Waals surface area contributed by atoms with Crippen LogP contribution in [0.3, 0.4) is 0 Å². The number of anilines is 1. The zero-order chi connectivity index (χ0) is 14.5. The number of ether oxygens (including phenoxy) is 1. The standard InChI is InChI=1S/C16H16ClNO2/c1-11-10-14(20-9-8-17)6-7-15(11)16(19)12-2-4-13(18)5-3-12/h2-7,10H,8-9,18H2,1H3. The van der Waals surface area contributed by atoms with Crippen LogP contribution < -0.4 is 10.5 Å². The van der Waals surface area contributed by atoms with Crippen molar-refractivity contribution in [2.75, 3.05) is 18.2 Å². The van der Waals surface area contributed by atoms with Crippen LogP contribution in [0.5, 0.6) is 5.75 Å². The van der Waals surface area contributed by atoms with E-state index in [4.69, 9.17) is 22.1 Å². The molecular formula is C16H16ClNO2. The molecule has 0 aromatic heterocycles. The lowest BCUT2D eigenvalue weighted by Crippen LogP contribution is -2.05. The van der Waals surface area contributed by atoms with E-state index in [2.05, 4.69) is 0 Å². The SMILES string of the molecule is Cc1cc(OCCCl)ccc1C(=O)c1ccc(N)cc1. The van der Waals surface area contributed by atoms with Gasteiger partial charge in [-0.05, 0) is 55.0 Å². The van der Waals surface area contributed by atoms with Crippen molar-refractivity contribution in [1.82, 2.24) is 0 Å². The number of ketones is 1. The van der Waals surface area contributed by atoms with Crippen LogP contribution in [-0.2, 0) is 0 Å². The molecule has 2 N–H and O–H groups in total. The Morgan fingerprint density at radius 3 is 2.50 bits per heavy atom. The molecule has 0 amide bonds. The molecule has 0 saturated heterocycles. The highest BCUT2D eigenvalue weighted by Gasteiger charge is 2.12. The molecule has 0 heterocycles. The summed E-state index contributed by atoms with van der Waals surface area (Å²) in [4.78, 5) is 12.4. The van der Waals surface area contributed by atoms with Crippen LogP contribution in [-0.4, -0.2) is 18.3 Å². The molecule has 0 saturated carbocycles. The first-order valence-corrected chi connectivity index (χ1v) is 6.85. The van der Waals surface area contributed by atoms with Crippen molar-refractivity contribution in [1.29, 1.82) is 0 Å². The molecule has 0 aliphatic carbocycles.